The lowest BCUT2D eigenvalue weighted by Gasteiger charge is -2.09. The highest BCUT2D eigenvalue weighted by Gasteiger charge is 2.20. The Hall–Kier alpha value is -1.75. The number of aromatic nitrogens is 2. The molecule has 0 aliphatic heterocycles. The van der Waals surface area contributed by atoms with E-state index in [1.54, 1.807) is 40.9 Å². The first-order valence-corrected chi connectivity index (χ1v) is 8.56. The van der Waals surface area contributed by atoms with Crippen LogP contribution >= 0.6 is 34.8 Å². The van der Waals surface area contributed by atoms with E-state index in [0.29, 0.717) is 38.5 Å². The molecular weight excluding hydrogens is 369 g/mol. The molecule has 7 heteroatoms. The van der Waals surface area contributed by atoms with E-state index >= 15 is 0 Å². The quantitative estimate of drug-likeness (QED) is 0.647. The molecule has 2 aromatic heterocycles. The maximum Gasteiger partial charge on any atom is 0.274 e. The molecule has 0 bridgehead atoms. The van der Waals surface area contributed by atoms with Gasteiger partial charge < -0.3 is 5.32 Å². The molecule has 0 fully saturated rings. The fourth-order valence-corrected chi connectivity index (χ4v) is 3.11. The number of anilines is 1. The second-order valence-corrected chi connectivity index (χ2v) is 6.59. The van der Waals surface area contributed by atoms with E-state index in [0.717, 1.165) is 12.1 Å². The second-order valence-electron chi connectivity index (χ2n) is 5.31. The normalized spacial score (nSPS) is 11.0. The maximum absolute atomic E-state index is 12.8. The van der Waals surface area contributed by atoms with Gasteiger partial charge in [0.2, 0.25) is 0 Å². The van der Waals surface area contributed by atoms with Gasteiger partial charge in [0.25, 0.3) is 5.91 Å². The highest BCUT2D eigenvalue weighted by atomic mass is 35.5. The minimum absolute atomic E-state index is 0.294. The summed E-state index contributed by atoms with van der Waals surface area (Å²) < 4.78 is 1.70. The number of fused-ring (bicyclic) bond motifs is 1. The number of imidazole rings is 1. The number of carbonyl (C=O) groups is 1. The first-order valence-electron chi connectivity index (χ1n) is 7.42. The van der Waals surface area contributed by atoms with E-state index in [-0.39, 0.29) is 5.91 Å². The maximum atomic E-state index is 12.8. The van der Waals surface area contributed by atoms with Gasteiger partial charge in [-0.1, -0.05) is 48.1 Å². The van der Waals surface area contributed by atoms with Gasteiger partial charge in [0.05, 0.1) is 21.4 Å². The van der Waals surface area contributed by atoms with Crippen molar-refractivity contribution >= 4 is 52.0 Å². The summed E-state index contributed by atoms with van der Waals surface area (Å²) in [6, 6.07) is 8.45. The van der Waals surface area contributed by atoms with Crippen molar-refractivity contribution in [2.75, 3.05) is 5.32 Å². The summed E-state index contributed by atoms with van der Waals surface area (Å²) >= 11 is 18.1. The first kappa shape index (κ1) is 17.1. The highest BCUT2D eigenvalue weighted by Crippen LogP contribution is 2.26. The molecule has 0 aliphatic rings. The van der Waals surface area contributed by atoms with E-state index in [1.807, 2.05) is 6.92 Å². The summed E-state index contributed by atoms with van der Waals surface area (Å²) in [4.78, 5) is 17.4. The van der Waals surface area contributed by atoms with E-state index in [4.69, 9.17) is 34.8 Å². The molecule has 0 saturated carbocycles. The van der Waals surface area contributed by atoms with Crippen molar-refractivity contribution in [2.24, 2.45) is 0 Å². The molecule has 0 spiro atoms. The Labute approximate surface area is 154 Å². The Balaban J connectivity index is 2.04. The largest absolute Gasteiger partial charge is 0.319 e. The molecule has 1 N–H and O–H groups in total. The zero-order chi connectivity index (χ0) is 17.3. The van der Waals surface area contributed by atoms with Crippen LogP contribution in [0.1, 0.15) is 29.5 Å². The lowest BCUT2D eigenvalue weighted by atomic mass is 10.2. The minimum Gasteiger partial charge on any atom is -0.319 e. The van der Waals surface area contributed by atoms with Crippen molar-refractivity contribution < 1.29 is 4.79 Å². The third kappa shape index (κ3) is 3.36. The van der Waals surface area contributed by atoms with Crippen molar-refractivity contribution in [2.45, 2.75) is 19.8 Å². The smallest absolute Gasteiger partial charge is 0.274 e. The molecule has 0 unspecified atom stereocenters. The molecule has 4 nitrogen and oxygen atoms in total. The van der Waals surface area contributed by atoms with Gasteiger partial charge in [0.15, 0.2) is 0 Å². The average molecular weight is 383 g/mol. The molecule has 0 saturated heterocycles. The molecule has 3 rings (SSSR count). The Bertz CT molecular complexity index is 921. The molecule has 0 radical (unpaired) electrons. The van der Waals surface area contributed by atoms with Crippen molar-refractivity contribution in [3.63, 3.8) is 0 Å². The molecule has 0 atom stereocenters. The fraction of sp³-hybridized carbons (Fsp3) is 0.176. The second kappa shape index (κ2) is 7.01. The summed E-state index contributed by atoms with van der Waals surface area (Å²) in [6.07, 6.45) is 3.25. The average Bonchev–Trinajstić information content (AvgIpc) is 2.87. The Morgan fingerprint density at radius 2 is 1.92 bits per heavy atom. The number of rotatable bonds is 4. The molecule has 0 aliphatic carbocycles. The zero-order valence-electron chi connectivity index (χ0n) is 12.8. The lowest BCUT2D eigenvalue weighted by molar-refractivity contribution is 0.102. The van der Waals surface area contributed by atoms with Crippen LogP contribution in [0.2, 0.25) is 15.1 Å². The third-order valence-electron chi connectivity index (χ3n) is 3.54. The van der Waals surface area contributed by atoms with Gasteiger partial charge in [0, 0.05) is 11.2 Å². The van der Waals surface area contributed by atoms with Crippen LogP contribution in [0.5, 0.6) is 0 Å². The number of carbonyl (C=O) groups excluding carboxylic acids is 1. The number of amides is 1. The van der Waals surface area contributed by atoms with Gasteiger partial charge >= 0.3 is 0 Å². The first-order chi connectivity index (χ1) is 11.5. The van der Waals surface area contributed by atoms with Crippen LogP contribution in [0.15, 0.2) is 36.5 Å². The predicted octanol–water partition coefficient (Wildman–Crippen LogP) is 5.50. The molecule has 1 amide bonds. The summed E-state index contributed by atoms with van der Waals surface area (Å²) in [7, 11) is 0. The molecule has 3 aromatic rings. The molecule has 2 heterocycles. The zero-order valence-corrected chi connectivity index (χ0v) is 15.1. The summed E-state index contributed by atoms with van der Waals surface area (Å²) in [5.41, 5.74) is 2.35. The van der Waals surface area contributed by atoms with Gasteiger partial charge in [0.1, 0.15) is 11.3 Å². The van der Waals surface area contributed by atoms with Crippen LogP contribution in [0.4, 0.5) is 5.69 Å². The monoisotopic (exact) mass is 381 g/mol. The van der Waals surface area contributed by atoms with E-state index in [2.05, 4.69) is 10.3 Å². The number of pyridine rings is 1. The SMILES string of the molecule is CCCc1nc2ccc(Cl)cn2c1C(=O)Nc1ccc(Cl)cc1Cl. The summed E-state index contributed by atoms with van der Waals surface area (Å²) in [5.74, 6) is -0.294. The number of halogens is 3. The van der Waals surface area contributed by atoms with Crippen LogP contribution in [0, 0.1) is 0 Å². The lowest BCUT2D eigenvalue weighted by Crippen LogP contribution is -2.16. The molecule has 124 valence electrons. The predicted molar refractivity (Wildman–Crippen MR) is 98.6 cm³/mol. The van der Waals surface area contributed by atoms with Crippen molar-refractivity contribution in [3.8, 4) is 0 Å². The van der Waals surface area contributed by atoms with E-state index < -0.39 is 0 Å². The van der Waals surface area contributed by atoms with Crippen molar-refractivity contribution in [1.82, 2.24) is 9.38 Å². The van der Waals surface area contributed by atoms with Crippen LogP contribution < -0.4 is 5.32 Å². The molecule has 1 aromatic carbocycles. The number of benzene rings is 1. The molecular formula is C17H14Cl3N3O. The van der Waals surface area contributed by atoms with Crippen LogP contribution in [-0.2, 0) is 6.42 Å². The number of nitrogens with zero attached hydrogens (tertiary/aromatic N) is 2. The van der Waals surface area contributed by atoms with Gasteiger partial charge in [-0.2, -0.15) is 0 Å². The summed E-state index contributed by atoms with van der Waals surface area (Å²) in [6.45, 7) is 2.04. The standard InChI is InChI=1S/C17H14Cl3N3O/c1-2-3-14-16(23-9-11(19)5-7-15(23)21-14)17(24)22-13-6-4-10(18)8-12(13)20/h4-9H,2-3H2,1H3,(H,22,24). The van der Waals surface area contributed by atoms with E-state index in [1.165, 1.54) is 0 Å². The van der Waals surface area contributed by atoms with Crippen LogP contribution in [0.3, 0.4) is 0 Å². The molecule has 24 heavy (non-hydrogen) atoms. The Kier molecular flexibility index (Phi) is 4.99. The number of hydrogen-bond acceptors (Lipinski definition) is 2. The van der Waals surface area contributed by atoms with Crippen LogP contribution in [0.25, 0.3) is 5.65 Å². The number of aryl methyl sites for hydroxylation is 1. The highest BCUT2D eigenvalue weighted by molar-refractivity contribution is 6.36. The van der Waals surface area contributed by atoms with Crippen molar-refractivity contribution in [1.29, 1.82) is 0 Å². The van der Waals surface area contributed by atoms with Gasteiger partial charge in [-0.25, -0.2) is 4.98 Å². The van der Waals surface area contributed by atoms with Gasteiger partial charge in [-0.3, -0.25) is 9.20 Å². The number of hydrogen-bond donors (Lipinski definition) is 1. The Morgan fingerprint density at radius 3 is 2.62 bits per heavy atom. The van der Waals surface area contributed by atoms with Crippen LogP contribution in [-0.4, -0.2) is 15.3 Å². The van der Waals surface area contributed by atoms with Gasteiger partial charge in [-0.05, 0) is 36.8 Å². The summed E-state index contributed by atoms with van der Waals surface area (Å²) in [5, 5.41) is 4.23. The van der Waals surface area contributed by atoms with Gasteiger partial charge in [-0.15, -0.1) is 0 Å². The Morgan fingerprint density at radius 1 is 1.17 bits per heavy atom. The third-order valence-corrected chi connectivity index (χ3v) is 4.31. The number of nitrogens with one attached hydrogen (secondary N) is 1. The van der Waals surface area contributed by atoms with E-state index in [9.17, 15) is 4.79 Å². The fourth-order valence-electron chi connectivity index (χ4n) is 2.49. The minimum atomic E-state index is -0.294. The van der Waals surface area contributed by atoms with Crippen molar-refractivity contribution in [3.05, 3.63) is 63.0 Å². The topological polar surface area (TPSA) is 46.4 Å².